The summed E-state index contributed by atoms with van der Waals surface area (Å²) in [5, 5.41) is 10.6. The van der Waals surface area contributed by atoms with Crippen molar-refractivity contribution in [2.75, 3.05) is 4.90 Å². The third-order valence-electron chi connectivity index (χ3n) is 5.66. The number of hydrogen-bond donors (Lipinski definition) is 2. The number of anilines is 1. The van der Waals surface area contributed by atoms with E-state index < -0.39 is 22.7 Å². The Morgan fingerprint density at radius 1 is 1.27 bits per heavy atom. The summed E-state index contributed by atoms with van der Waals surface area (Å²) in [6.07, 6.45) is 0. The standard InChI is InChI=1S/C22H22BrN3O3S/c1-11(2)13-5-4-12(3)14(8-13)10-26-17-7-6-15(23)9-16(17)22(29,20(26)28)18-19(27)25-21(24)30-18/h4-9,11,18,29H,10H2,1-3H3,(H2,24,25,27). The van der Waals surface area contributed by atoms with Crippen molar-refractivity contribution >= 4 is 50.4 Å². The van der Waals surface area contributed by atoms with E-state index in [9.17, 15) is 14.7 Å². The van der Waals surface area contributed by atoms with Gasteiger partial charge in [-0.2, -0.15) is 4.99 Å². The fourth-order valence-corrected chi connectivity index (χ4v) is 5.21. The summed E-state index contributed by atoms with van der Waals surface area (Å²) < 4.78 is 0.705. The molecule has 0 saturated carbocycles. The lowest BCUT2D eigenvalue weighted by Gasteiger charge is -2.27. The van der Waals surface area contributed by atoms with E-state index in [2.05, 4.69) is 46.9 Å². The molecule has 0 saturated heterocycles. The van der Waals surface area contributed by atoms with Crippen molar-refractivity contribution in [2.24, 2.45) is 10.7 Å². The minimum atomic E-state index is -2.03. The van der Waals surface area contributed by atoms with Gasteiger partial charge in [0.1, 0.15) is 5.25 Å². The molecule has 156 valence electrons. The molecule has 0 fully saturated rings. The Kier molecular flexibility index (Phi) is 5.28. The van der Waals surface area contributed by atoms with Crippen LogP contribution in [0.25, 0.3) is 0 Å². The summed E-state index contributed by atoms with van der Waals surface area (Å²) in [7, 11) is 0. The molecule has 6 nitrogen and oxygen atoms in total. The summed E-state index contributed by atoms with van der Waals surface area (Å²) in [6, 6.07) is 11.5. The van der Waals surface area contributed by atoms with E-state index in [1.807, 2.05) is 19.1 Å². The van der Waals surface area contributed by atoms with Crippen LogP contribution in [-0.4, -0.2) is 27.3 Å². The average molecular weight is 488 g/mol. The van der Waals surface area contributed by atoms with Gasteiger partial charge in [0.15, 0.2) is 10.8 Å². The number of hydrogen-bond acceptors (Lipinski definition) is 5. The van der Waals surface area contributed by atoms with Crippen molar-refractivity contribution in [2.45, 2.75) is 44.1 Å². The Bertz CT molecular complexity index is 1100. The normalized spacial score (nSPS) is 23.3. The number of aliphatic hydroxyl groups is 1. The fourth-order valence-electron chi connectivity index (χ4n) is 3.91. The number of nitrogens with zero attached hydrogens (tertiary/aromatic N) is 2. The largest absolute Gasteiger partial charge is 0.378 e. The van der Waals surface area contributed by atoms with E-state index in [1.54, 1.807) is 17.0 Å². The highest BCUT2D eigenvalue weighted by molar-refractivity contribution is 9.10. The second kappa shape index (κ2) is 7.51. The zero-order valence-electron chi connectivity index (χ0n) is 16.8. The molecule has 0 aromatic heterocycles. The highest BCUT2D eigenvalue weighted by atomic mass is 79.9. The van der Waals surface area contributed by atoms with Crippen molar-refractivity contribution in [1.82, 2.24) is 0 Å². The number of benzene rings is 2. The highest BCUT2D eigenvalue weighted by Gasteiger charge is 2.59. The number of aliphatic imine (C=N–C) groups is 1. The third-order valence-corrected chi connectivity index (χ3v) is 7.27. The Balaban J connectivity index is 1.79. The number of nitrogens with two attached hydrogens (primary N) is 1. The maximum absolute atomic E-state index is 13.6. The molecule has 4 rings (SSSR count). The van der Waals surface area contributed by atoms with Gasteiger partial charge < -0.3 is 15.7 Å². The molecule has 3 N–H and O–H groups in total. The minimum Gasteiger partial charge on any atom is -0.378 e. The molecule has 0 bridgehead atoms. The summed E-state index contributed by atoms with van der Waals surface area (Å²) in [4.78, 5) is 31.3. The lowest BCUT2D eigenvalue weighted by Crippen LogP contribution is -2.49. The smallest absolute Gasteiger partial charge is 0.265 e. The zero-order chi connectivity index (χ0) is 21.8. The molecule has 2 unspecified atom stereocenters. The quantitative estimate of drug-likeness (QED) is 0.686. The van der Waals surface area contributed by atoms with E-state index in [0.29, 0.717) is 28.2 Å². The van der Waals surface area contributed by atoms with Gasteiger partial charge in [0.25, 0.3) is 11.8 Å². The second-order valence-corrected chi connectivity index (χ2v) is 9.99. The van der Waals surface area contributed by atoms with Crippen molar-refractivity contribution in [3.05, 3.63) is 63.1 Å². The van der Waals surface area contributed by atoms with Gasteiger partial charge in [0.05, 0.1) is 12.2 Å². The van der Waals surface area contributed by atoms with Crippen molar-refractivity contribution < 1.29 is 14.7 Å². The molecule has 2 atom stereocenters. The predicted molar refractivity (Wildman–Crippen MR) is 123 cm³/mol. The third kappa shape index (κ3) is 3.27. The molecule has 0 spiro atoms. The number of amidine groups is 1. The second-order valence-electron chi connectivity index (χ2n) is 7.95. The van der Waals surface area contributed by atoms with E-state index in [1.165, 1.54) is 5.56 Å². The molecule has 2 aromatic carbocycles. The maximum Gasteiger partial charge on any atom is 0.265 e. The van der Waals surface area contributed by atoms with Gasteiger partial charge in [0.2, 0.25) is 0 Å². The van der Waals surface area contributed by atoms with E-state index in [-0.39, 0.29) is 5.17 Å². The van der Waals surface area contributed by atoms with Crippen LogP contribution in [0.5, 0.6) is 0 Å². The van der Waals surface area contributed by atoms with Gasteiger partial charge in [-0.3, -0.25) is 9.59 Å². The number of rotatable bonds is 4. The van der Waals surface area contributed by atoms with Gasteiger partial charge in [-0.25, -0.2) is 0 Å². The first-order chi connectivity index (χ1) is 14.1. The molecule has 30 heavy (non-hydrogen) atoms. The van der Waals surface area contributed by atoms with Crippen molar-refractivity contribution in [3.8, 4) is 0 Å². The SMILES string of the molecule is Cc1ccc(C(C)C)cc1CN1C(=O)C(O)(C2SC(N)=NC2=O)c2cc(Br)ccc21. The average Bonchev–Trinajstić information content (AvgIpc) is 3.13. The monoisotopic (exact) mass is 487 g/mol. The molecule has 0 radical (unpaired) electrons. The molecule has 2 aromatic rings. The van der Waals surface area contributed by atoms with Gasteiger partial charge >= 0.3 is 0 Å². The van der Waals surface area contributed by atoms with Gasteiger partial charge in [-0.15, -0.1) is 0 Å². The number of carbonyl (C=O) groups is 2. The lowest BCUT2D eigenvalue weighted by molar-refractivity contribution is -0.140. The summed E-state index contributed by atoms with van der Waals surface area (Å²) in [5.74, 6) is -0.786. The number of carbonyl (C=O) groups excluding carboxylic acids is 2. The van der Waals surface area contributed by atoms with Crippen LogP contribution in [0.2, 0.25) is 0 Å². The number of fused-ring (bicyclic) bond motifs is 1. The molecule has 2 aliphatic rings. The summed E-state index contributed by atoms with van der Waals surface area (Å²) in [6.45, 7) is 6.53. The fraction of sp³-hybridized carbons (Fsp3) is 0.318. The first-order valence-corrected chi connectivity index (χ1v) is 11.3. The minimum absolute atomic E-state index is 0.0571. The Morgan fingerprint density at radius 2 is 2.00 bits per heavy atom. The van der Waals surface area contributed by atoms with Crippen LogP contribution >= 0.6 is 27.7 Å². The number of aryl methyl sites for hydroxylation is 1. The van der Waals surface area contributed by atoms with Crippen LogP contribution in [0, 0.1) is 6.92 Å². The van der Waals surface area contributed by atoms with Gasteiger partial charge in [0, 0.05) is 10.0 Å². The highest BCUT2D eigenvalue weighted by Crippen LogP contribution is 2.48. The maximum atomic E-state index is 13.6. The Labute approximate surface area is 187 Å². The molecular formula is C22H22BrN3O3S. The van der Waals surface area contributed by atoms with Crippen molar-refractivity contribution in [1.29, 1.82) is 0 Å². The summed E-state index contributed by atoms with van der Waals surface area (Å²) in [5.41, 5.74) is 7.87. The number of halogens is 1. The van der Waals surface area contributed by atoms with Crippen LogP contribution < -0.4 is 10.6 Å². The molecular weight excluding hydrogens is 466 g/mol. The first-order valence-electron chi connectivity index (χ1n) is 9.61. The van der Waals surface area contributed by atoms with E-state index in [0.717, 1.165) is 22.9 Å². The lowest BCUT2D eigenvalue weighted by atomic mass is 9.91. The first kappa shape index (κ1) is 21.1. The molecule has 2 heterocycles. The van der Waals surface area contributed by atoms with Crippen LogP contribution in [0.15, 0.2) is 45.9 Å². The van der Waals surface area contributed by atoms with Crippen LogP contribution in [0.3, 0.4) is 0 Å². The van der Waals surface area contributed by atoms with Gasteiger partial charge in [-0.05, 0) is 47.7 Å². The van der Waals surface area contributed by atoms with E-state index in [4.69, 9.17) is 5.73 Å². The van der Waals surface area contributed by atoms with E-state index >= 15 is 0 Å². The van der Waals surface area contributed by atoms with Crippen LogP contribution in [-0.2, 0) is 21.7 Å². The zero-order valence-corrected chi connectivity index (χ0v) is 19.3. The van der Waals surface area contributed by atoms with Crippen LogP contribution in [0.1, 0.15) is 42.0 Å². The van der Waals surface area contributed by atoms with Crippen LogP contribution in [0.4, 0.5) is 5.69 Å². The van der Waals surface area contributed by atoms with Crippen molar-refractivity contribution in [3.63, 3.8) is 0 Å². The Hall–Kier alpha value is -2.16. The molecule has 2 amide bonds. The molecule has 0 aliphatic carbocycles. The number of thioether (sulfide) groups is 1. The summed E-state index contributed by atoms with van der Waals surface area (Å²) >= 11 is 4.34. The number of amides is 2. The Morgan fingerprint density at radius 3 is 2.63 bits per heavy atom. The molecule has 8 heteroatoms. The molecule has 2 aliphatic heterocycles. The van der Waals surface area contributed by atoms with Gasteiger partial charge in [-0.1, -0.05) is 59.7 Å². The topological polar surface area (TPSA) is 96.0 Å². The predicted octanol–water partition coefficient (Wildman–Crippen LogP) is 3.57.